The number of hydrogen-bond donors (Lipinski definition) is 3. The molecule has 0 fully saturated rings. The van der Waals surface area contributed by atoms with Crippen LogP contribution in [0.4, 0.5) is 11.6 Å². The number of anilines is 2. The molecule has 1 atom stereocenters. The number of nitrogens with zero attached hydrogens (tertiary/aromatic N) is 2. The summed E-state index contributed by atoms with van der Waals surface area (Å²) < 4.78 is 0. The molecule has 17 heavy (non-hydrogen) atoms. The van der Waals surface area contributed by atoms with Crippen LogP contribution in [0.25, 0.3) is 0 Å². The first kappa shape index (κ1) is 13.7. The molecular formula is C12H22N4O. The summed E-state index contributed by atoms with van der Waals surface area (Å²) in [7, 11) is 1.85. The van der Waals surface area contributed by atoms with Crippen LogP contribution in [0.15, 0.2) is 6.33 Å². The fourth-order valence-corrected chi connectivity index (χ4v) is 1.68. The van der Waals surface area contributed by atoms with E-state index >= 15 is 0 Å². The van der Waals surface area contributed by atoms with E-state index in [1.165, 1.54) is 0 Å². The Hall–Kier alpha value is -1.36. The second-order valence-corrected chi connectivity index (χ2v) is 4.45. The minimum absolute atomic E-state index is 0.296. The van der Waals surface area contributed by atoms with Gasteiger partial charge in [-0.2, -0.15) is 0 Å². The molecule has 3 N–H and O–H groups in total. The van der Waals surface area contributed by atoms with E-state index in [1.807, 2.05) is 7.05 Å². The monoisotopic (exact) mass is 238 g/mol. The number of aliphatic hydroxyl groups is 1. The predicted molar refractivity (Wildman–Crippen MR) is 70.5 cm³/mol. The molecule has 0 aliphatic carbocycles. The van der Waals surface area contributed by atoms with Crippen LogP contribution in [-0.2, 0) is 0 Å². The van der Waals surface area contributed by atoms with Crippen LogP contribution in [0.3, 0.4) is 0 Å². The Morgan fingerprint density at radius 2 is 1.88 bits per heavy atom. The molecule has 0 saturated carbocycles. The summed E-state index contributed by atoms with van der Waals surface area (Å²) >= 11 is 0. The average Bonchev–Trinajstić information content (AvgIpc) is 2.27. The van der Waals surface area contributed by atoms with Gasteiger partial charge in [0.1, 0.15) is 18.0 Å². The zero-order valence-electron chi connectivity index (χ0n) is 11.0. The summed E-state index contributed by atoms with van der Waals surface area (Å²) in [6.45, 7) is 6.71. The standard InChI is InChI=1S/C12H22N4O/c1-8(2)10-11(13-4)15-7-16-12(10)14-6-5-9(3)17/h7-9,17H,5-6H2,1-4H3,(H2,13,14,15,16). The van der Waals surface area contributed by atoms with E-state index in [-0.39, 0.29) is 6.10 Å². The van der Waals surface area contributed by atoms with Gasteiger partial charge in [-0.15, -0.1) is 0 Å². The third-order valence-corrected chi connectivity index (χ3v) is 2.55. The van der Waals surface area contributed by atoms with E-state index in [0.29, 0.717) is 18.9 Å². The second kappa shape index (κ2) is 6.39. The molecule has 0 aliphatic heterocycles. The van der Waals surface area contributed by atoms with Crippen LogP contribution in [0.1, 0.15) is 38.7 Å². The molecule has 0 radical (unpaired) electrons. The van der Waals surface area contributed by atoms with Gasteiger partial charge >= 0.3 is 0 Å². The maximum Gasteiger partial charge on any atom is 0.134 e. The molecule has 1 aromatic heterocycles. The van der Waals surface area contributed by atoms with Gasteiger partial charge in [-0.3, -0.25) is 0 Å². The molecule has 0 saturated heterocycles. The van der Waals surface area contributed by atoms with Gasteiger partial charge in [0.15, 0.2) is 0 Å². The molecular weight excluding hydrogens is 216 g/mol. The van der Waals surface area contributed by atoms with Gasteiger partial charge in [-0.25, -0.2) is 9.97 Å². The fraction of sp³-hybridized carbons (Fsp3) is 0.667. The number of rotatable bonds is 6. The zero-order valence-corrected chi connectivity index (χ0v) is 11.0. The van der Waals surface area contributed by atoms with Crippen molar-refractivity contribution in [3.05, 3.63) is 11.9 Å². The summed E-state index contributed by atoms with van der Waals surface area (Å²) in [5, 5.41) is 15.6. The van der Waals surface area contributed by atoms with Gasteiger partial charge in [0, 0.05) is 19.2 Å². The Morgan fingerprint density at radius 1 is 1.24 bits per heavy atom. The van der Waals surface area contributed by atoms with Crippen molar-refractivity contribution in [3.63, 3.8) is 0 Å². The van der Waals surface area contributed by atoms with Crippen molar-refractivity contribution in [3.8, 4) is 0 Å². The van der Waals surface area contributed by atoms with Gasteiger partial charge < -0.3 is 15.7 Å². The lowest BCUT2D eigenvalue weighted by molar-refractivity contribution is 0.188. The lowest BCUT2D eigenvalue weighted by Crippen LogP contribution is -2.14. The Labute approximate surface area is 103 Å². The molecule has 0 bridgehead atoms. The number of aromatic nitrogens is 2. The Bertz CT molecular complexity index is 352. The van der Waals surface area contributed by atoms with Crippen molar-refractivity contribution in [2.75, 3.05) is 24.2 Å². The first-order valence-corrected chi connectivity index (χ1v) is 6.00. The Kier molecular flexibility index (Phi) is 5.15. The molecule has 0 aromatic carbocycles. The van der Waals surface area contributed by atoms with Crippen molar-refractivity contribution >= 4 is 11.6 Å². The Balaban J connectivity index is 2.83. The average molecular weight is 238 g/mol. The van der Waals surface area contributed by atoms with E-state index in [2.05, 4.69) is 34.4 Å². The van der Waals surface area contributed by atoms with Crippen LogP contribution in [0, 0.1) is 0 Å². The summed E-state index contributed by atoms with van der Waals surface area (Å²) in [4.78, 5) is 8.47. The predicted octanol–water partition coefficient (Wildman–Crippen LogP) is 1.82. The molecule has 1 rings (SSSR count). The van der Waals surface area contributed by atoms with Crippen LogP contribution < -0.4 is 10.6 Å². The smallest absolute Gasteiger partial charge is 0.134 e. The number of nitrogens with one attached hydrogen (secondary N) is 2. The maximum absolute atomic E-state index is 9.22. The van der Waals surface area contributed by atoms with Gasteiger partial charge in [-0.1, -0.05) is 13.8 Å². The van der Waals surface area contributed by atoms with Crippen LogP contribution in [0.2, 0.25) is 0 Å². The van der Waals surface area contributed by atoms with E-state index < -0.39 is 0 Å². The van der Waals surface area contributed by atoms with Crippen molar-refractivity contribution < 1.29 is 5.11 Å². The normalized spacial score (nSPS) is 12.6. The summed E-state index contributed by atoms with van der Waals surface area (Å²) in [6.07, 6.45) is 1.95. The minimum atomic E-state index is -0.296. The highest BCUT2D eigenvalue weighted by Gasteiger charge is 2.13. The molecule has 1 heterocycles. The van der Waals surface area contributed by atoms with E-state index in [1.54, 1.807) is 13.3 Å². The van der Waals surface area contributed by atoms with Gasteiger partial charge in [0.05, 0.1) is 6.10 Å². The lowest BCUT2D eigenvalue weighted by atomic mass is 10.0. The van der Waals surface area contributed by atoms with Crippen LogP contribution in [0.5, 0.6) is 0 Å². The third kappa shape index (κ3) is 3.85. The molecule has 0 amide bonds. The first-order valence-electron chi connectivity index (χ1n) is 6.00. The molecule has 1 aromatic rings. The van der Waals surface area contributed by atoms with Crippen LogP contribution in [-0.4, -0.2) is 34.8 Å². The van der Waals surface area contributed by atoms with E-state index in [0.717, 1.165) is 17.2 Å². The van der Waals surface area contributed by atoms with Crippen LogP contribution >= 0.6 is 0 Å². The maximum atomic E-state index is 9.22. The van der Waals surface area contributed by atoms with E-state index in [9.17, 15) is 5.11 Å². The second-order valence-electron chi connectivity index (χ2n) is 4.45. The van der Waals surface area contributed by atoms with Crippen molar-refractivity contribution in [2.24, 2.45) is 0 Å². The summed E-state index contributed by atoms with van der Waals surface area (Å²) in [5.41, 5.74) is 1.08. The van der Waals surface area contributed by atoms with E-state index in [4.69, 9.17) is 0 Å². The van der Waals surface area contributed by atoms with Gasteiger partial charge in [0.25, 0.3) is 0 Å². The number of aliphatic hydroxyl groups excluding tert-OH is 1. The highest BCUT2D eigenvalue weighted by Crippen LogP contribution is 2.27. The molecule has 5 nitrogen and oxygen atoms in total. The lowest BCUT2D eigenvalue weighted by Gasteiger charge is -2.16. The molecule has 0 spiro atoms. The van der Waals surface area contributed by atoms with Gasteiger partial charge in [0.2, 0.25) is 0 Å². The van der Waals surface area contributed by atoms with Crippen molar-refractivity contribution in [1.29, 1.82) is 0 Å². The number of hydrogen-bond acceptors (Lipinski definition) is 5. The minimum Gasteiger partial charge on any atom is -0.393 e. The summed E-state index contributed by atoms with van der Waals surface area (Å²) in [6, 6.07) is 0. The van der Waals surface area contributed by atoms with Crippen molar-refractivity contribution in [1.82, 2.24) is 9.97 Å². The topological polar surface area (TPSA) is 70.1 Å². The molecule has 1 unspecified atom stereocenters. The first-order chi connectivity index (χ1) is 8.06. The molecule has 5 heteroatoms. The van der Waals surface area contributed by atoms with Crippen molar-refractivity contribution in [2.45, 2.75) is 39.2 Å². The highest BCUT2D eigenvalue weighted by atomic mass is 16.3. The quantitative estimate of drug-likeness (QED) is 0.705. The summed E-state index contributed by atoms with van der Waals surface area (Å²) in [5.74, 6) is 2.04. The van der Waals surface area contributed by atoms with Gasteiger partial charge in [-0.05, 0) is 19.3 Å². The SMILES string of the molecule is CNc1ncnc(NCCC(C)O)c1C(C)C. The Morgan fingerprint density at radius 3 is 2.41 bits per heavy atom. The zero-order chi connectivity index (χ0) is 12.8. The molecule has 96 valence electrons. The molecule has 0 aliphatic rings. The largest absolute Gasteiger partial charge is 0.393 e. The third-order valence-electron chi connectivity index (χ3n) is 2.55. The fourth-order valence-electron chi connectivity index (χ4n) is 1.68. The highest BCUT2D eigenvalue weighted by molar-refractivity contribution is 5.58.